The van der Waals surface area contributed by atoms with Gasteiger partial charge in [-0.15, -0.1) is 0 Å². The Balaban J connectivity index is 1.85. The first kappa shape index (κ1) is 20.7. The molecule has 158 valence electrons. The highest BCUT2D eigenvalue weighted by molar-refractivity contribution is 6.32. The number of nitrogens with zero attached hydrogens (tertiary/aromatic N) is 1. The van der Waals surface area contributed by atoms with Crippen LogP contribution in [0, 0.1) is 0 Å². The molecule has 0 amide bonds. The number of Topliss-reactive ketones (excluding diaryl/α,β-unsaturated/α-hetero) is 1. The number of carbonyl (C=O) groups is 1. The van der Waals surface area contributed by atoms with E-state index >= 15 is 0 Å². The number of hydrogen-bond donors (Lipinski definition) is 1. The van der Waals surface area contributed by atoms with Gasteiger partial charge in [-0.3, -0.25) is 4.79 Å². The van der Waals surface area contributed by atoms with Crippen LogP contribution in [-0.4, -0.2) is 56.3 Å². The number of methoxy groups -OCH3 is 2. The molecule has 2 aliphatic heterocycles. The van der Waals surface area contributed by atoms with Gasteiger partial charge in [0, 0.05) is 29.1 Å². The minimum Gasteiger partial charge on any atom is -0.496 e. The number of hydrogen-bond acceptors (Lipinski definition) is 6. The van der Waals surface area contributed by atoms with Crippen molar-refractivity contribution in [1.82, 2.24) is 4.90 Å². The number of allylic oxidation sites excluding steroid dienone is 1. The third-order valence-electron chi connectivity index (χ3n) is 5.70. The predicted octanol–water partition coefficient (Wildman–Crippen LogP) is 3.75. The number of likely N-dealkylation sites (N-methyl/N-ethyl adjacent to an activating group) is 1. The molecule has 2 unspecified atom stereocenters. The fourth-order valence-electron chi connectivity index (χ4n) is 4.16. The van der Waals surface area contributed by atoms with Gasteiger partial charge >= 0.3 is 0 Å². The normalized spacial score (nSPS) is 22.7. The van der Waals surface area contributed by atoms with Crippen LogP contribution in [0.5, 0.6) is 17.2 Å². The maximum atomic E-state index is 13.2. The maximum Gasteiger partial charge on any atom is 0.235 e. The van der Waals surface area contributed by atoms with Gasteiger partial charge in [0.15, 0.2) is 5.76 Å². The molecule has 1 saturated heterocycles. The number of piperidine rings is 1. The number of ether oxygens (including phenoxy) is 3. The lowest BCUT2D eigenvalue weighted by Crippen LogP contribution is -2.40. The predicted molar refractivity (Wildman–Crippen MR) is 115 cm³/mol. The van der Waals surface area contributed by atoms with E-state index in [9.17, 15) is 9.90 Å². The Morgan fingerprint density at radius 2 is 1.97 bits per heavy atom. The lowest BCUT2D eigenvalue weighted by Gasteiger charge is -2.35. The van der Waals surface area contributed by atoms with Crippen molar-refractivity contribution in [3.8, 4) is 17.2 Å². The topological polar surface area (TPSA) is 68.2 Å². The molecule has 2 atom stereocenters. The van der Waals surface area contributed by atoms with Gasteiger partial charge in [0.05, 0.1) is 20.3 Å². The molecule has 2 aliphatic rings. The minimum atomic E-state index is -0.606. The summed E-state index contributed by atoms with van der Waals surface area (Å²) in [6, 6.07) is 8.93. The molecule has 0 aromatic heterocycles. The van der Waals surface area contributed by atoms with Crippen molar-refractivity contribution in [3.63, 3.8) is 0 Å². The van der Waals surface area contributed by atoms with Gasteiger partial charge in [-0.2, -0.15) is 0 Å². The van der Waals surface area contributed by atoms with E-state index in [0.29, 0.717) is 51.9 Å². The van der Waals surface area contributed by atoms with Crippen LogP contribution in [0.15, 0.2) is 36.1 Å². The zero-order valence-corrected chi connectivity index (χ0v) is 17.9. The summed E-state index contributed by atoms with van der Waals surface area (Å²) in [6.07, 6.45) is 1.74. The Morgan fingerprint density at radius 1 is 1.23 bits per heavy atom. The standard InChI is InChI=1S/C23H24ClNO5/c1-25-9-8-14(16(26)12-25)20-17(28-2)11-18(29-3)21-22(27)19(30-23(20)21)10-13-6-4-5-7-15(13)24/h4-7,10-11,14,16,26H,8-9,12H2,1-3H3/b19-10+. The number of halogens is 1. The summed E-state index contributed by atoms with van der Waals surface area (Å²) in [5.74, 6) is 0.958. The number of β-amino-alcohol motifs (C(OH)–C–C–N with tert-alkyl or cyclic N) is 1. The molecular formula is C23H24ClNO5. The lowest BCUT2D eigenvalue weighted by molar-refractivity contribution is 0.0621. The molecule has 1 N–H and O–H groups in total. The number of carbonyl (C=O) groups excluding carboxylic acids is 1. The fourth-order valence-corrected chi connectivity index (χ4v) is 4.35. The van der Waals surface area contributed by atoms with E-state index in [1.54, 1.807) is 25.3 Å². The Bertz CT molecular complexity index is 1020. The average Bonchev–Trinajstić information content (AvgIpc) is 3.05. The van der Waals surface area contributed by atoms with Crippen molar-refractivity contribution in [2.24, 2.45) is 0 Å². The summed E-state index contributed by atoms with van der Waals surface area (Å²) >= 11 is 6.26. The second kappa shape index (κ2) is 8.30. The van der Waals surface area contributed by atoms with Crippen LogP contribution in [-0.2, 0) is 0 Å². The van der Waals surface area contributed by atoms with E-state index < -0.39 is 6.10 Å². The van der Waals surface area contributed by atoms with E-state index in [2.05, 4.69) is 4.90 Å². The van der Waals surface area contributed by atoms with Crippen LogP contribution in [0.25, 0.3) is 6.08 Å². The van der Waals surface area contributed by atoms with Crippen molar-refractivity contribution in [2.75, 3.05) is 34.4 Å². The Hall–Kier alpha value is -2.54. The fraction of sp³-hybridized carbons (Fsp3) is 0.348. The van der Waals surface area contributed by atoms with E-state index in [0.717, 1.165) is 6.54 Å². The van der Waals surface area contributed by atoms with E-state index in [1.165, 1.54) is 7.11 Å². The molecule has 0 bridgehead atoms. The van der Waals surface area contributed by atoms with Crippen LogP contribution in [0.1, 0.15) is 33.8 Å². The number of benzene rings is 2. The summed E-state index contributed by atoms with van der Waals surface area (Å²) in [4.78, 5) is 15.3. The smallest absolute Gasteiger partial charge is 0.235 e. The molecule has 7 heteroatoms. The van der Waals surface area contributed by atoms with Gasteiger partial charge in [0.2, 0.25) is 5.78 Å². The molecule has 0 saturated carbocycles. The minimum absolute atomic E-state index is 0.160. The summed E-state index contributed by atoms with van der Waals surface area (Å²) in [5.41, 5.74) is 1.73. The number of fused-ring (bicyclic) bond motifs is 1. The largest absolute Gasteiger partial charge is 0.496 e. The van der Waals surface area contributed by atoms with Gasteiger partial charge in [-0.25, -0.2) is 0 Å². The molecule has 6 nitrogen and oxygen atoms in total. The molecule has 4 rings (SSSR count). The van der Waals surface area contributed by atoms with Crippen molar-refractivity contribution < 1.29 is 24.1 Å². The van der Waals surface area contributed by atoms with Gasteiger partial charge in [0.25, 0.3) is 0 Å². The molecular weight excluding hydrogens is 406 g/mol. The Morgan fingerprint density at radius 3 is 2.63 bits per heavy atom. The maximum absolute atomic E-state index is 13.2. The molecule has 2 aromatic rings. The molecule has 2 aromatic carbocycles. The average molecular weight is 430 g/mol. The zero-order valence-electron chi connectivity index (χ0n) is 17.1. The molecule has 30 heavy (non-hydrogen) atoms. The molecule has 0 radical (unpaired) electrons. The molecule has 1 fully saturated rings. The highest BCUT2D eigenvalue weighted by Crippen LogP contribution is 2.50. The summed E-state index contributed by atoms with van der Waals surface area (Å²) in [5, 5.41) is 11.3. The monoisotopic (exact) mass is 429 g/mol. The summed E-state index contributed by atoms with van der Waals surface area (Å²) < 4.78 is 17.2. The van der Waals surface area contributed by atoms with Crippen molar-refractivity contribution >= 4 is 23.5 Å². The third kappa shape index (κ3) is 3.55. The van der Waals surface area contributed by atoms with Crippen LogP contribution in [0.2, 0.25) is 5.02 Å². The van der Waals surface area contributed by atoms with E-state index in [4.69, 9.17) is 25.8 Å². The third-order valence-corrected chi connectivity index (χ3v) is 6.04. The number of aliphatic hydroxyl groups is 1. The van der Waals surface area contributed by atoms with Gasteiger partial charge < -0.3 is 24.2 Å². The van der Waals surface area contributed by atoms with Crippen LogP contribution in [0.4, 0.5) is 0 Å². The highest BCUT2D eigenvalue weighted by atomic mass is 35.5. The van der Waals surface area contributed by atoms with Crippen LogP contribution >= 0.6 is 11.6 Å². The first-order valence-corrected chi connectivity index (χ1v) is 10.2. The first-order valence-electron chi connectivity index (χ1n) is 9.78. The quantitative estimate of drug-likeness (QED) is 0.746. The number of rotatable bonds is 4. The van der Waals surface area contributed by atoms with Crippen molar-refractivity contribution in [1.29, 1.82) is 0 Å². The van der Waals surface area contributed by atoms with Crippen LogP contribution in [0.3, 0.4) is 0 Å². The molecule has 2 heterocycles. The Labute approximate surface area is 180 Å². The van der Waals surface area contributed by atoms with Crippen molar-refractivity contribution in [2.45, 2.75) is 18.4 Å². The number of ketones is 1. The van der Waals surface area contributed by atoms with Crippen LogP contribution < -0.4 is 14.2 Å². The van der Waals surface area contributed by atoms with E-state index in [1.807, 2.05) is 25.2 Å². The zero-order chi connectivity index (χ0) is 21.4. The van der Waals surface area contributed by atoms with Gasteiger partial charge in [0.1, 0.15) is 22.8 Å². The second-order valence-corrected chi connectivity index (χ2v) is 7.99. The molecule has 0 aliphatic carbocycles. The second-order valence-electron chi connectivity index (χ2n) is 7.58. The SMILES string of the molecule is COc1cc(OC)c(C2CCN(C)CC2O)c2c1C(=O)/C(=C\c1ccccc1Cl)O2. The molecule has 0 spiro atoms. The van der Waals surface area contributed by atoms with Crippen molar-refractivity contribution in [3.05, 3.63) is 57.8 Å². The number of aliphatic hydroxyl groups excluding tert-OH is 1. The summed E-state index contributed by atoms with van der Waals surface area (Å²) in [7, 11) is 5.03. The lowest BCUT2D eigenvalue weighted by atomic mass is 9.84. The Kier molecular flexibility index (Phi) is 5.73. The first-order chi connectivity index (χ1) is 14.4. The van der Waals surface area contributed by atoms with E-state index in [-0.39, 0.29) is 17.5 Å². The number of likely N-dealkylation sites (tertiary alicyclic amines) is 1. The van der Waals surface area contributed by atoms with Gasteiger partial charge in [-0.1, -0.05) is 29.8 Å². The van der Waals surface area contributed by atoms with Gasteiger partial charge in [-0.05, 0) is 37.7 Å². The highest BCUT2D eigenvalue weighted by Gasteiger charge is 2.40. The summed E-state index contributed by atoms with van der Waals surface area (Å²) in [6.45, 7) is 1.35.